The topological polar surface area (TPSA) is 75.2 Å². The summed E-state index contributed by atoms with van der Waals surface area (Å²) in [6.45, 7) is 3.11. The summed E-state index contributed by atoms with van der Waals surface area (Å²) in [5.74, 6) is 0.220. The third kappa shape index (κ3) is 6.09. The molecule has 32 heavy (non-hydrogen) atoms. The fraction of sp³-hybridized carbons (Fsp3) is 0.304. The highest BCUT2D eigenvalue weighted by Gasteiger charge is 2.34. The molecule has 1 atom stereocenters. The zero-order chi connectivity index (χ0) is 22.5. The highest BCUT2D eigenvalue weighted by Crippen LogP contribution is 2.29. The minimum Gasteiger partial charge on any atom is -0.342 e. The Bertz CT molecular complexity index is 1090. The van der Waals surface area contributed by atoms with Gasteiger partial charge in [-0.05, 0) is 36.6 Å². The lowest BCUT2D eigenvalue weighted by molar-refractivity contribution is -0.128. The summed E-state index contributed by atoms with van der Waals surface area (Å²) in [5, 5.41) is 12.2. The van der Waals surface area contributed by atoms with Crippen LogP contribution in [0.5, 0.6) is 0 Å². The van der Waals surface area contributed by atoms with Gasteiger partial charge in [-0.2, -0.15) is 0 Å². The van der Waals surface area contributed by atoms with Crippen LogP contribution < -0.4 is 5.32 Å². The zero-order valence-corrected chi connectivity index (χ0v) is 20.0. The van der Waals surface area contributed by atoms with Crippen molar-refractivity contribution in [2.75, 3.05) is 18.4 Å². The Morgan fingerprint density at radius 1 is 1.16 bits per heavy atom. The van der Waals surface area contributed by atoms with Gasteiger partial charge in [0.2, 0.25) is 16.9 Å². The number of nitrogens with zero attached hydrogens (tertiary/aromatic N) is 3. The van der Waals surface area contributed by atoms with Crippen LogP contribution in [0.25, 0.3) is 0 Å². The van der Waals surface area contributed by atoms with E-state index in [-0.39, 0.29) is 24.2 Å². The van der Waals surface area contributed by atoms with Crippen molar-refractivity contribution in [1.29, 1.82) is 0 Å². The van der Waals surface area contributed by atoms with Crippen molar-refractivity contribution in [2.45, 2.75) is 29.9 Å². The molecule has 1 aromatic heterocycles. The number of anilines is 1. The van der Waals surface area contributed by atoms with Crippen LogP contribution in [0, 0.1) is 12.8 Å². The minimum absolute atomic E-state index is 0.0220. The number of hydrogen-bond donors (Lipinski definition) is 1. The van der Waals surface area contributed by atoms with Crippen LogP contribution in [0.2, 0.25) is 5.02 Å². The van der Waals surface area contributed by atoms with E-state index < -0.39 is 0 Å². The Morgan fingerprint density at radius 3 is 2.62 bits per heavy atom. The lowest BCUT2D eigenvalue weighted by Crippen LogP contribution is -2.30. The first-order valence-corrected chi connectivity index (χ1v) is 12.5. The molecule has 3 aromatic rings. The number of carbonyl (C=O) groups is 2. The first-order chi connectivity index (χ1) is 15.5. The number of amides is 2. The van der Waals surface area contributed by atoms with Gasteiger partial charge in [0.25, 0.3) is 0 Å². The van der Waals surface area contributed by atoms with Gasteiger partial charge in [0.15, 0.2) is 4.34 Å². The maximum Gasteiger partial charge on any atom is 0.231 e. The number of benzene rings is 2. The molecule has 0 spiro atoms. The quantitative estimate of drug-likeness (QED) is 0.365. The Labute approximate surface area is 200 Å². The van der Waals surface area contributed by atoms with Gasteiger partial charge in [0.1, 0.15) is 0 Å². The molecule has 2 aromatic carbocycles. The van der Waals surface area contributed by atoms with Gasteiger partial charge in [-0.25, -0.2) is 0 Å². The largest absolute Gasteiger partial charge is 0.342 e. The summed E-state index contributed by atoms with van der Waals surface area (Å²) in [4.78, 5) is 26.8. The average Bonchev–Trinajstić information content (AvgIpc) is 3.39. The smallest absolute Gasteiger partial charge is 0.231 e. The average molecular weight is 487 g/mol. The molecule has 1 aliphatic rings. The van der Waals surface area contributed by atoms with Crippen molar-refractivity contribution in [3.8, 4) is 0 Å². The highest BCUT2D eigenvalue weighted by atomic mass is 35.5. The molecular formula is C23H23ClN4O2S2. The monoisotopic (exact) mass is 486 g/mol. The number of hydrogen-bond acceptors (Lipinski definition) is 6. The first kappa shape index (κ1) is 22.8. The van der Waals surface area contributed by atoms with Gasteiger partial charge in [-0.1, -0.05) is 76.7 Å². The van der Waals surface area contributed by atoms with Crippen molar-refractivity contribution in [2.24, 2.45) is 5.92 Å². The van der Waals surface area contributed by atoms with E-state index in [1.807, 2.05) is 24.3 Å². The molecule has 0 radical (unpaired) electrons. The summed E-state index contributed by atoms with van der Waals surface area (Å²) in [7, 11) is 0. The van der Waals surface area contributed by atoms with Gasteiger partial charge in [-0.15, -0.1) is 10.2 Å². The number of carbonyl (C=O) groups excluding carboxylic acids is 2. The van der Waals surface area contributed by atoms with Crippen molar-refractivity contribution in [3.05, 3.63) is 70.2 Å². The fourth-order valence-electron chi connectivity index (χ4n) is 3.43. The predicted molar refractivity (Wildman–Crippen MR) is 129 cm³/mol. The second kappa shape index (κ2) is 10.5. The molecular weight excluding hydrogens is 464 g/mol. The second-order valence-electron chi connectivity index (χ2n) is 7.75. The molecule has 4 rings (SSSR count). The Balaban J connectivity index is 1.25. The van der Waals surface area contributed by atoms with E-state index in [1.54, 1.807) is 16.7 Å². The minimum atomic E-state index is -0.366. The van der Waals surface area contributed by atoms with Crippen molar-refractivity contribution in [3.63, 3.8) is 0 Å². The lowest BCUT2D eigenvalue weighted by atomic mass is 10.1. The molecule has 0 saturated carbocycles. The van der Waals surface area contributed by atoms with Crippen LogP contribution in [-0.4, -0.2) is 40.0 Å². The highest BCUT2D eigenvalue weighted by molar-refractivity contribution is 8.00. The number of aryl methyl sites for hydroxylation is 1. The third-order valence-electron chi connectivity index (χ3n) is 5.29. The lowest BCUT2D eigenvalue weighted by Gasteiger charge is -2.16. The van der Waals surface area contributed by atoms with Gasteiger partial charge in [0, 0.05) is 30.3 Å². The Hall–Kier alpha value is -2.42. The molecule has 1 saturated heterocycles. The number of halogens is 1. The van der Waals surface area contributed by atoms with Crippen LogP contribution in [-0.2, 0) is 21.8 Å². The van der Waals surface area contributed by atoms with Gasteiger partial charge in [0.05, 0.1) is 5.92 Å². The van der Waals surface area contributed by atoms with E-state index >= 15 is 0 Å². The van der Waals surface area contributed by atoms with Crippen LogP contribution in [0.4, 0.5) is 5.13 Å². The number of thioether (sulfide) groups is 1. The molecule has 1 N–H and O–H groups in total. The molecule has 1 fully saturated rings. The fourth-order valence-corrected chi connectivity index (χ4v) is 5.27. The molecule has 9 heteroatoms. The Morgan fingerprint density at radius 2 is 1.88 bits per heavy atom. The second-order valence-corrected chi connectivity index (χ2v) is 10.4. The molecule has 2 heterocycles. The summed E-state index contributed by atoms with van der Waals surface area (Å²) in [6, 6.07) is 16.0. The van der Waals surface area contributed by atoms with E-state index in [2.05, 4.69) is 46.7 Å². The number of rotatable bonds is 8. The molecule has 0 aliphatic carbocycles. The van der Waals surface area contributed by atoms with Crippen molar-refractivity contribution < 1.29 is 9.59 Å². The Kier molecular flexibility index (Phi) is 7.44. The summed E-state index contributed by atoms with van der Waals surface area (Å²) in [5.41, 5.74) is 3.54. The van der Waals surface area contributed by atoms with Crippen LogP contribution in [0.15, 0.2) is 52.9 Å². The SMILES string of the molecule is Cc1ccc(CCN2CC(C(=O)Nc3nnc(SCc4ccc(Cl)cc4)s3)CC2=O)cc1. The third-order valence-corrected chi connectivity index (χ3v) is 7.58. The van der Waals surface area contributed by atoms with Crippen molar-refractivity contribution in [1.82, 2.24) is 15.1 Å². The van der Waals surface area contributed by atoms with Gasteiger partial charge in [-0.3, -0.25) is 9.59 Å². The van der Waals surface area contributed by atoms with Crippen molar-refractivity contribution >= 4 is 51.6 Å². The van der Waals surface area contributed by atoms with Crippen LogP contribution >= 0.6 is 34.7 Å². The maximum absolute atomic E-state index is 12.7. The van der Waals surface area contributed by atoms with Gasteiger partial charge >= 0.3 is 0 Å². The molecule has 0 bridgehead atoms. The normalized spacial score (nSPS) is 15.9. The molecule has 6 nitrogen and oxygen atoms in total. The predicted octanol–water partition coefficient (Wildman–Crippen LogP) is 4.82. The van der Waals surface area contributed by atoms with E-state index in [4.69, 9.17) is 11.6 Å². The zero-order valence-electron chi connectivity index (χ0n) is 17.6. The summed E-state index contributed by atoms with van der Waals surface area (Å²) >= 11 is 8.80. The standard InChI is InChI=1S/C23H23ClN4O2S2/c1-15-2-4-16(5-3-15)10-11-28-13-18(12-20(28)29)21(30)25-22-26-27-23(32-22)31-14-17-6-8-19(24)9-7-17/h2-9,18H,10-14H2,1H3,(H,25,26,30). The molecule has 1 aliphatic heterocycles. The number of aromatic nitrogens is 2. The molecule has 2 amide bonds. The number of nitrogens with one attached hydrogen (secondary N) is 1. The van der Waals surface area contributed by atoms with Crippen LogP contribution in [0.1, 0.15) is 23.1 Å². The van der Waals surface area contributed by atoms with E-state index in [0.717, 1.165) is 22.1 Å². The van der Waals surface area contributed by atoms with E-state index in [0.29, 0.717) is 23.2 Å². The van der Waals surface area contributed by atoms with E-state index in [9.17, 15) is 9.59 Å². The first-order valence-electron chi connectivity index (χ1n) is 10.3. The molecule has 1 unspecified atom stereocenters. The summed E-state index contributed by atoms with van der Waals surface area (Å²) < 4.78 is 0.775. The molecule has 166 valence electrons. The van der Waals surface area contributed by atoms with Crippen LogP contribution in [0.3, 0.4) is 0 Å². The van der Waals surface area contributed by atoms with Gasteiger partial charge < -0.3 is 10.2 Å². The number of likely N-dealkylation sites (tertiary alicyclic amines) is 1. The summed E-state index contributed by atoms with van der Waals surface area (Å²) in [6.07, 6.45) is 1.02. The van der Waals surface area contributed by atoms with E-state index in [1.165, 1.54) is 22.5 Å². The maximum atomic E-state index is 12.7.